The Bertz CT molecular complexity index is 433. The highest BCUT2D eigenvalue weighted by atomic mass is 32.2. The average Bonchev–Trinajstić information content (AvgIpc) is 2.91. The molecule has 0 saturated heterocycles. The van der Waals surface area contributed by atoms with E-state index in [4.69, 9.17) is 10.00 Å². The molecule has 1 aliphatic rings. The normalized spacial score (nSPS) is 15.6. The lowest BCUT2D eigenvalue weighted by Crippen LogP contribution is -1.97. The lowest BCUT2D eigenvalue weighted by molar-refractivity contribution is 0.413. The van der Waals surface area contributed by atoms with Crippen LogP contribution in [0.2, 0.25) is 0 Å². The van der Waals surface area contributed by atoms with Gasteiger partial charge in [-0.05, 0) is 42.2 Å². The van der Waals surface area contributed by atoms with Crippen LogP contribution in [0, 0.1) is 17.2 Å². The molecule has 0 unspecified atom stereocenters. The van der Waals surface area contributed by atoms with Crippen LogP contribution >= 0.6 is 11.8 Å². The van der Waals surface area contributed by atoms with E-state index < -0.39 is 0 Å². The summed E-state index contributed by atoms with van der Waals surface area (Å²) in [7, 11) is 1.60. The zero-order valence-electron chi connectivity index (χ0n) is 10.8. The topological polar surface area (TPSA) is 33.0 Å². The molecule has 1 saturated carbocycles. The van der Waals surface area contributed by atoms with Crippen molar-refractivity contribution < 1.29 is 4.74 Å². The molecule has 1 aromatic rings. The van der Waals surface area contributed by atoms with Crippen molar-refractivity contribution in [3.05, 3.63) is 29.3 Å². The molecule has 0 spiro atoms. The van der Waals surface area contributed by atoms with E-state index in [2.05, 4.69) is 12.1 Å². The molecule has 0 N–H and O–H groups in total. The van der Waals surface area contributed by atoms with Gasteiger partial charge in [-0.2, -0.15) is 17.0 Å². The van der Waals surface area contributed by atoms with E-state index in [1.165, 1.54) is 37.0 Å². The number of nitrogens with zero attached hydrogens (tertiary/aromatic N) is 1. The van der Waals surface area contributed by atoms with Crippen molar-refractivity contribution >= 4 is 11.8 Å². The van der Waals surface area contributed by atoms with Crippen molar-refractivity contribution in [2.45, 2.75) is 31.4 Å². The molecule has 0 radical (unpaired) electrons. The number of benzene rings is 1. The second-order valence-corrected chi connectivity index (χ2v) is 5.84. The molecular formula is C15H19NOS. The van der Waals surface area contributed by atoms with Gasteiger partial charge >= 0.3 is 0 Å². The Morgan fingerprint density at radius 1 is 1.39 bits per heavy atom. The van der Waals surface area contributed by atoms with Gasteiger partial charge in [-0.1, -0.05) is 18.9 Å². The first kappa shape index (κ1) is 13.3. The number of ether oxygens (including phenoxy) is 1. The summed E-state index contributed by atoms with van der Waals surface area (Å²) in [6.45, 7) is 0. The van der Waals surface area contributed by atoms with Gasteiger partial charge in [0.05, 0.1) is 12.7 Å². The third-order valence-corrected chi connectivity index (χ3v) is 4.73. The van der Waals surface area contributed by atoms with Gasteiger partial charge < -0.3 is 4.74 Å². The fourth-order valence-corrected chi connectivity index (χ4v) is 3.65. The lowest BCUT2D eigenvalue weighted by atomic mass is 10.1. The molecule has 0 amide bonds. The Balaban J connectivity index is 1.87. The summed E-state index contributed by atoms with van der Waals surface area (Å²) in [5.74, 6) is 3.84. The summed E-state index contributed by atoms with van der Waals surface area (Å²) in [5.41, 5.74) is 1.85. The molecule has 0 atom stereocenters. The maximum absolute atomic E-state index is 9.04. The first-order chi connectivity index (χ1) is 8.83. The van der Waals surface area contributed by atoms with Crippen molar-refractivity contribution in [1.82, 2.24) is 0 Å². The Morgan fingerprint density at radius 3 is 2.83 bits per heavy atom. The van der Waals surface area contributed by atoms with Crippen LogP contribution < -0.4 is 4.74 Å². The molecule has 2 nitrogen and oxygen atoms in total. The Kier molecular flexibility index (Phi) is 4.95. The molecule has 1 fully saturated rings. The molecule has 1 aliphatic carbocycles. The van der Waals surface area contributed by atoms with E-state index in [-0.39, 0.29) is 0 Å². The van der Waals surface area contributed by atoms with Gasteiger partial charge in [-0.3, -0.25) is 0 Å². The summed E-state index contributed by atoms with van der Waals surface area (Å²) >= 11 is 1.99. The third kappa shape index (κ3) is 3.43. The van der Waals surface area contributed by atoms with E-state index in [0.717, 1.165) is 11.7 Å². The molecule has 2 rings (SSSR count). The van der Waals surface area contributed by atoms with Gasteiger partial charge in [0.25, 0.3) is 0 Å². The summed E-state index contributed by atoms with van der Waals surface area (Å²) in [5, 5.41) is 9.04. The highest BCUT2D eigenvalue weighted by Gasteiger charge is 2.14. The van der Waals surface area contributed by atoms with Crippen molar-refractivity contribution in [3.63, 3.8) is 0 Å². The number of nitriles is 1. The average molecular weight is 261 g/mol. The van der Waals surface area contributed by atoms with Crippen LogP contribution in [0.5, 0.6) is 5.75 Å². The van der Waals surface area contributed by atoms with E-state index >= 15 is 0 Å². The van der Waals surface area contributed by atoms with Gasteiger partial charge in [0, 0.05) is 5.75 Å². The highest BCUT2D eigenvalue weighted by molar-refractivity contribution is 7.98. The number of thioether (sulfide) groups is 1. The molecular weight excluding hydrogens is 242 g/mol. The second-order valence-electron chi connectivity index (χ2n) is 4.81. The Labute approximate surface area is 113 Å². The van der Waals surface area contributed by atoms with Crippen LogP contribution in [0.25, 0.3) is 0 Å². The maximum atomic E-state index is 9.04. The molecule has 0 aliphatic heterocycles. The lowest BCUT2D eigenvalue weighted by Gasteiger charge is -2.09. The minimum atomic E-state index is 0.636. The number of methoxy groups -OCH3 is 1. The first-order valence-corrected chi connectivity index (χ1v) is 7.63. The van der Waals surface area contributed by atoms with Crippen LogP contribution in [0.3, 0.4) is 0 Å². The van der Waals surface area contributed by atoms with E-state index in [1.54, 1.807) is 7.11 Å². The molecule has 96 valence electrons. The summed E-state index contributed by atoms with van der Waals surface area (Å²) in [6, 6.07) is 8.08. The Morgan fingerprint density at radius 2 is 2.17 bits per heavy atom. The number of hydrogen-bond acceptors (Lipinski definition) is 3. The third-order valence-electron chi connectivity index (χ3n) is 3.48. The SMILES string of the molecule is COc1ccc(CSCC2CCCC2)cc1C#N. The van der Waals surface area contributed by atoms with Crippen molar-refractivity contribution in [3.8, 4) is 11.8 Å². The fraction of sp³-hybridized carbons (Fsp3) is 0.533. The minimum Gasteiger partial charge on any atom is -0.495 e. The van der Waals surface area contributed by atoms with Gasteiger partial charge in [-0.25, -0.2) is 0 Å². The van der Waals surface area contributed by atoms with Crippen LogP contribution in [0.1, 0.15) is 36.8 Å². The maximum Gasteiger partial charge on any atom is 0.136 e. The summed E-state index contributed by atoms with van der Waals surface area (Å²) < 4.78 is 5.15. The molecule has 0 aromatic heterocycles. The standard InChI is InChI=1S/C15H19NOS/c1-17-15-7-6-13(8-14(15)9-16)11-18-10-12-4-2-3-5-12/h6-8,12H,2-5,10-11H2,1H3. The van der Waals surface area contributed by atoms with E-state index in [9.17, 15) is 0 Å². The first-order valence-electron chi connectivity index (χ1n) is 6.48. The molecule has 0 bridgehead atoms. The fourth-order valence-electron chi connectivity index (χ4n) is 2.45. The van der Waals surface area contributed by atoms with Crippen LogP contribution in [0.4, 0.5) is 0 Å². The van der Waals surface area contributed by atoms with Crippen LogP contribution in [0.15, 0.2) is 18.2 Å². The predicted octanol–water partition coefficient (Wildman–Crippen LogP) is 3.99. The van der Waals surface area contributed by atoms with Gasteiger partial charge in [0.1, 0.15) is 11.8 Å². The van der Waals surface area contributed by atoms with Crippen molar-refractivity contribution in [2.75, 3.05) is 12.9 Å². The molecule has 18 heavy (non-hydrogen) atoms. The second kappa shape index (κ2) is 6.70. The van der Waals surface area contributed by atoms with Crippen LogP contribution in [-0.4, -0.2) is 12.9 Å². The molecule has 0 heterocycles. The van der Waals surface area contributed by atoms with Gasteiger partial charge in [0.2, 0.25) is 0 Å². The number of rotatable bonds is 5. The summed E-state index contributed by atoms with van der Waals surface area (Å²) in [4.78, 5) is 0. The van der Waals surface area contributed by atoms with Crippen LogP contribution in [-0.2, 0) is 5.75 Å². The molecule has 3 heteroatoms. The van der Waals surface area contributed by atoms with E-state index in [0.29, 0.717) is 11.3 Å². The quantitative estimate of drug-likeness (QED) is 0.803. The zero-order chi connectivity index (χ0) is 12.8. The predicted molar refractivity (Wildman–Crippen MR) is 75.8 cm³/mol. The zero-order valence-corrected chi connectivity index (χ0v) is 11.6. The van der Waals surface area contributed by atoms with Gasteiger partial charge in [0.15, 0.2) is 0 Å². The smallest absolute Gasteiger partial charge is 0.136 e. The largest absolute Gasteiger partial charge is 0.495 e. The summed E-state index contributed by atoms with van der Waals surface area (Å²) in [6.07, 6.45) is 5.62. The Hall–Kier alpha value is -1.14. The highest BCUT2D eigenvalue weighted by Crippen LogP contribution is 2.29. The van der Waals surface area contributed by atoms with Gasteiger partial charge in [-0.15, -0.1) is 0 Å². The molecule has 1 aromatic carbocycles. The monoisotopic (exact) mass is 261 g/mol. The minimum absolute atomic E-state index is 0.636. The van der Waals surface area contributed by atoms with Crippen molar-refractivity contribution in [2.24, 2.45) is 5.92 Å². The van der Waals surface area contributed by atoms with E-state index in [1.807, 2.05) is 23.9 Å². The number of hydrogen-bond donors (Lipinski definition) is 0. The van der Waals surface area contributed by atoms with Crippen molar-refractivity contribution in [1.29, 1.82) is 5.26 Å².